The fraction of sp³-hybridized carbons (Fsp3) is 0.333. The number of nitrogens with zero attached hydrogens (tertiary/aromatic N) is 1. The van der Waals surface area contributed by atoms with Gasteiger partial charge in [-0.3, -0.25) is 9.59 Å². The van der Waals surface area contributed by atoms with E-state index in [1.165, 1.54) is 0 Å². The number of hydrogen-bond acceptors (Lipinski definition) is 3. The van der Waals surface area contributed by atoms with E-state index in [2.05, 4.69) is 4.98 Å². The van der Waals surface area contributed by atoms with Crippen LogP contribution in [0.1, 0.15) is 37.2 Å². The predicted octanol–water partition coefficient (Wildman–Crippen LogP) is 4.00. The number of aromatic nitrogens is 1. The van der Waals surface area contributed by atoms with Crippen molar-refractivity contribution >= 4 is 16.8 Å². The zero-order chi connectivity index (χ0) is 18.7. The molecule has 0 spiro atoms. The second kappa shape index (κ2) is 7.60. The van der Waals surface area contributed by atoms with E-state index < -0.39 is 0 Å². The number of carbonyl (C=O) groups is 1. The van der Waals surface area contributed by atoms with Gasteiger partial charge in [-0.25, -0.2) is 0 Å². The third-order valence-corrected chi connectivity index (χ3v) is 4.39. The molecule has 0 saturated heterocycles. The van der Waals surface area contributed by atoms with E-state index in [4.69, 9.17) is 4.42 Å². The molecule has 1 amide bonds. The molecular weight excluding hydrogens is 328 g/mol. The number of fused-ring (bicyclic) bond motifs is 1. The molecule has 136 valence electrons. The number of nitrogens with one attached hydrogen (secondary N) is 1. The Morgan fingerprint density at radius 2 is 2.00 bits per heavy atom. The van der Waals surface area contributed by atoms with Crippen molar-refractivity contribution in [3.8, 4) is 0 Å². The summed E-state index contributed by atoms with van der Waals surface area (Å²) in [6.45, 7) is 6.59. The molecule has 5 nitrogen and oxygen atoms in total. The van der Waals surface area contributed by atoms with E-state index in [1.54, 1.807) is 17.2 Å². The maximum Gasteiger partial charge on any atom is 0.253 e. The van der Waals surface area contributed by atoms with Crippen LogP contribution < -0.4 is 5.56 Å². The molecule has 0 atom stereocenters. The Bertz CT molecular complexity index is 955. The monoisotopic (exact) mass is 352 g/mol. The number of H-pyrrole nitrogens is 1. The Balaban J connectivity index is 1.92. The highest BCUT2D eigenvalue weighted by atomic mass is 16.3. The van der Waals surface area contributed by atoms with Gasteiger partial charge in [-0.05, 0) is 42.0 Å². The molecule has 2 heterocycles. The highest BCUT2D eigenvalue weighted by Gasteiger charge is 2.19. The quantitative estimate of drug-likeness (QED) is 0.729. The van der Waals surface area contributed by atoms with Crippen molar-refractivity contribution < 1.29 is 9.21 Å². The average molecular weight is 352 g/mol. The Morgan fingerprint density at radius 3 is 2.69 bits per heavy atom. The third-order valence-electron chi connectivity index (χ3n) is 4.39. The molecule has 0 aliphatic rings. The van der Waals surface area contributed by atoms with Crippen LogP contribution in [-0.4, -0.2) is 15.8 Å². The van der Waals surface area contributed by atoms with E-state index in [1.807, 2.05) is 51.1 Å². The Morgan fingerprint density at radius 1 is 1.19 bits per heavy atom. The maximum atomic E-state index is 12.7. The van der Waals surface area contributed by atoms with Gasteiger partial charge >= 0.3 is 0 Å². The van der Waals surface area contributed by atoms with Gasteiger partial charge in [-0.1, -0.05) is 32.0 Å². The molecule has 0 bridgehead atoms. The summed E-state index contributed by atoms with van der Waals surface area (Å²) in [6, 6.07) is 11.4. The zero-order valence-electron chi connectivity index (χ0n) is 15.4. The van der Waals surface area contributed by atoms with Gasteiger partial charge in [0.25, 0.3) is 5.56 Å². The van der Waals surface area contributed by atoms with Gasteiger partial charge in [0.2, 0.25) is 5.91 Å². The first-order chi connectivity index (χ1) is 12.4. The number of rotatable bonds is 6. The number of carbonyl (C=O) groups excluding carboxylic acids is 1. The first-order valence-electron chi connectivity index (χ1n) is 8.85. The van der Waals surface area contributed by atoms with Gasteiger partial charge < -0.3 is 14.3 Å². The number of amides is 1. The summed E-state index contributed by atoms with van der Waals surface area (Å²) in [4.78, 5) is 29.9. The maximum absolute atomic E-state index is 12.7. The number of hydrogen-bond donors (Lipinski definition) is 1. The standard InChI is InChI=1S/C21H24N2O3/c1-14(2)10-19(24)23(13-18-8-5-9-26-18)12-17-11-16-7-4-6-15(3)20(16)22-21(17)25/h4-9,11,14H,10,12-13H2,1-3H3,(H,22,25). The molecular formula is C21H24N2O3. The number of para-hydroxylation sites is 1. The SMILES string of the molecule is Cc1cccc2cc(CN(Cc3ccco3)C(=O)CC(C)C)c(=O)[nH]c12. The largest absolute Gasteiger partial charge is 0.467 e. The number of furan rings is 1. The predicted molar refractivity (Wildman–Crippen MR) is 102 cm³/mol. The van der Waals surface area contributed by atoms with Gasteiger partial charge in [0, 0.05) is 12.0 Å². The third kappa shape index (κ3) is 4.04. The topological polar surface area (TPSA) is 66.3 Å². The molecule has 1 aromatic carbocycles. The first kappa shape index (κ1) is 18.0. The van der Waals surface area contributed by atoms with Crippen LogP contribution in [0.3, 0.4) is 0 Å². The molecule has 0 fully saturated rings. The molecule has 2 aromatic heterocycles. The summed E-state index contributed by atoms with van der Waals surface area (Å²) in [6.07, 6.45) is 2.03. The summed E-state index contributed by atoms with van der Waals surface area (Å²) < 4.78 is 5.39. The summed E-state index contributed by atoms with van der Waals surface area (Å²) >= 11 is 0. The minimum absolute atomic E-state index is 0.0140. The van der Waals surface area contributed by atoms with Crippen molar-refractivity contribution in [2.75, 3.05) is 0 Å². The van der Waals surface area contributed by atoms with Crippen LogP contribution in [0.2, 0.25) is 0 Å². The zero-order valence-corrected chi connectivity index (χ0v) is 15.4. The van der Waals surface area contributed by atoms with E-state index in [9.17, 15) is 9.59 Å². The van der Waals surface area contributed by atoms with E-state index in [0.717, 1.165) is 16.5 Å². The van der Waals surface area contributed by atoms with Crippen molar-refractivity contribution in [1.29, 1.82) is 0 Å². The number of aryl methyl sites for hydroxylation is 1. The fourth-order valence-electron chi connectivity index (χ4n) is 3.05. The lowest BCUT2D eigenvalue weighted by atomic mass is 10.1. The molecule has 5 heteroatoms. The van der Waals surface area contributed by atoms with Gasteiger partial charge in [0.05, 0.1) is 24.9 Å². The summed E-state index contributed by atoms with van der Waals surface area (Å²) in [7, 11) is 0. The second-order valence-electron chi connectivity index (χ2n) is 7.09. The average Bonchev–Trinajstić information content (AvgIpc) is 3.08. The van der Waals surface area contributed by atoms with Gasteiger partial charge in [0.15, 0.2) is 0 Å². The Kier molecular flexibility index (Phi) is 5.26. The van der Waals surface area contributed by atoms with Crippen LogP contribution in [0.25, 0.3) is 10.9 Å². The van der Waals surface area contributed by atoms with E-state index >= 15 is 0 Å². The molecule has 0 aliphatic carbocycles. The van der Waals surface area contributed by atoms with Crippen molar-refractivity contribution in [3.63, 3.8) is 0 Å². The lowest BCUT2D eigenvalue weighted by molar-refractivity contribution is -0.133. The Labute approximate surface area is 152 Å². The second-order valence-corrected chi connectivity index (χ2v) is 7.09. The Hall–Kier alpha value is -2.82. The van der Waals surface area contributed by atoms with Crippen LogP contribution in [0.4, 0.5) is 0 Å². The van der Waals surface area contributed by atoms with Crippen LogP contribution in [0.15, 0.2) is 51.9 Å². The van der Waals surface area contributed by atoms with Gasteiger partial charge in [-0.15, -0.1) is 0 Å². The molecule has 3 aromatic rings. The molecule has 0 aliphatic heterocycles. The van der Waals surface area contributed by atoms with Gasteiger partial charge in [-0.2, -0.15) is 0 Å². The first-order valence-corrected chi connectivity index (χ1v) is 8.85. The highest BCUT2D eigenvalue weighted by Crippen LogP contribution is 2.17. The summed E-state index contributed by atoms with van der Waals surface area (Å²) in [5.41, 5.74) is 2.28. The number of aromatic amines is 1. The van der Waals surface area contributed by atoms with Crippen molar-refractivity contribution in [3.05, 3.63) is 69.9 Å². The molecule has 0 unspecified atom stereocenters. The normalized spacial score (nSPS) is 11.2. The molecule has 1 N–H and O–H groups in total. The lowest BCUT2D eigenvalue weighted by Gasteiger charge is -2.22. The fourth-order valence-corrected chi connectivity index (χ4v) is 3.05. The highest BCUT2D eigenvalue weighted by molar-refractivity contribution is 5.82. The smallest absolute Gasteiger partial charge is 0.253 e. The minimum Gasteiger partial charge on any atom is -0.467 e. The number of pyridine rings is 1. The summed E-state index contributed by atoms with van der Waals surface area (Å²) in [5, 5.41) is 0.967. The van der Waals surface area contributed by atoms with Gasteiger partial charge in [0.1, 0.15) is 5.76 Å². The van der Waals surface area contributed by atoms with E-state index in [-0.39, 0.29) is 23.9 Å². The lowest BCUT2D eigenvalue weighted by Crippen LogP contribution is -2.33. The molecule has 3 rings (SSSR count). The van der Waals surface area contributed by atoms with Crippen LogP contribution in [0.5, 0.6) is 0 Å². The molecule has 0 radical (unpaired) electrons. The minimum atomic E-state index is -0.159. The van der Waals surface area contributed by atoms with Crippen molar-refractivity contribution in [2.45, 2.75) is 40.3 Å². The van der Waals surface area contributed by atoms with Crippen LogP contribution in [-0.2, 0) is 17.9 Å². The molecule has 0 saturated carbocycles. The van der Waals surface area contributed by atoms with Crippen LogP contribution >= 0.6 is 0 Å². The van der Waals surface area contributed by atoms with Crippen LogP contribution in [0, 0.1) is 12.8 Å². The van der Waals surface area contributed by atoms with Crippen molar-refractivity contribution in [1.82, 2.24) is 9.88 Å². The van der Waals surface area contributed by atoms with Crippen molar-refractivity contribution in [2.24, 2.45) is 5.92 Å². The number of benzene rings is 1. The molecule has 26 heavy (non-hydrogen) atoms. The van der Waals surface area contributed by atoms with E-state index in [0.29, 0.717) is 24.3 Å². The summed E-state index contributed by atoms with van der Waals surface area (Å²) in [5.74, 6) is 0.967.